The van der Waals surface area contributed by atoms with E-state index in [1.807, 2.05) is 43.3 Å². The van der Waals surface area contributed by atoms with Crippen LogP contribution >= 0.6 is 0 Å². The van der Waals surface area contributed by atoms with E-state index in [1.165, 1.54) is 4.80 Å². The number of esters is 1. The molecule has 2 saturated carbocycles. The number of likely N-dealkylation sites (tertiary alicyclic amines) is 1. The highest BCUT2D eigenvalue weighted by molar-refractivity contribution is 6.08. The van der Waals surface area contributed by atoms with Gasteiger partial charge in [-0.05, 0) is 66.8 Å². The number of hydrogen-bond donors (Lipinski definition) is 0. The Labute approximate surface area is 195 Å². The van der Waals surface area contributed by atoms with Crippen molar-refractivity contribution in [2.45, 2.75) is 13.3 Å². The summed E-state index contributed by atoms with van der Waals surface area (Å²) in [6.45, 7) is 1.54. The summed E-state index contributed by atoms with van der Waals surface area (Å²) in [5.41, 5.74) is 2.91. The molecule has 8 nitrogen and oxygen atoms in total. The predicted octanol–water partition coefficient (Wildman–Crippen LogP) is 2.69. The topological polar surface area (TPSA) is 94.4 Å². The zero-order valence-corrected chi connectivity index (χ0v) is 18.5. The molecule has 1 aliphatic heterocycles. The molecule has 8 heteroatoms. The third-order valence-corrected chi connectivity index (χ3v) is 7.88. The third kappa shape index (κ3) is 2.74. The van der Waals surface area contributed by atoms with E-state index in [2.05, 4.69) is 22.3 Å². The molecule has 3 aromatic rings. The van der Waals surface area contributed by atoms with Crippen LogP contribution in [0.1, 0.15) is 12.0 Å². The van der Waals surface area contributed by atoms with Crippen molar-refractivity contribution in [2.24, 2.45) is 35.5 Å². The zero-order chi connectivity index (χ0) is 23.1. The fourth-order valence-electron chi connectivity index (χ4n) is 6.30. The lowest BCUT2D eigenvalue weighted by atomic mass is 9.63. The second-order valence-corrected chi connectivity index (χ2v) is 9.84. The van der Waals surface area contributed by atoms with E-state index in [4.69, 9.17) is 4.74 Å². The first-order valence-corrected chi connectivity index (χ1v) is 11.7. The van der Waals surface area contributed by atoms with Gasteiger partial charge in [-0.2, -0.15) is 0 Å². The van der Waals surface area contributed by atoms with Crippen molar-refractivity contribution < 1.29 is 19.1 Å². The van der Waals surface area contributed by atoms with Crippen LogP contribution in [-0.2, 0) is 14.4 Å². The number of carbonyl (C=O) groups excluding carboxylic acids is 3. The van der Waals surface area contributed by atoms with Gasteiger partial charge in [-0.25, -0.2) is 4.79 Å². The third-order valence-electron chi connectivity index (χ3n) is 7.88. The lowest BCUT2D eigenvalue weighted by Crippen LogP contribution is -2.40. The SMILES string of the molecule is Cc1ccc(OC(=O)CN2C(=O)[C@@H]3[C@H]4C=C[C@@H]([C@@H]5C[C@H]45)[C@@H]3C2=O)c(-n2nc3ccccc3n2)c1. The second kappa shape index (κ2) is 6.85. The number of carbonyl (C=O) groups is 3. The number of imide groups is 1. The maximum absolute atomic E-state index is 13.2. The Kier molecular flexibility index (Phi) is 3.96. The maximum Gasteiger partial charge on any atom is 0.331 e. The number of aromatic nitrogens is 3. The Morgan fingerprint density at radius 3 is 2.21 bits per heavy atom. The van der Waals surface area contributed by atoms with Crippen LogP contribution in [0.25, 0.3) is 16.7 Å². The van der Waals surface area contributed by atoms with Crippen LogP contribution in [0.2, 0.25) is 0 Å². The van der Waals surface area contributed by atoms with Crippen molar-refractivity contribution in [1.82, 2.24) is 19.9 Å². The monoisotopic (exact) mass is 454 g/mol. The molecule has 1 saturated heterocycles. The van der Waals surface area contributed by atoms with Gasteiger partial charge in [0, 0.05) is 0 Å². The number of allylic oxidation sites excluding steroid dienone is 2. The molecule has 2 heterocycles. The molecule has 5 aliphatic rings. The number of amides is 2. The Bertz CT molecular complexity index is 1360. The van der Waals surface area contributed by atoms with Crippen molar-refractivity contribution in [3.8, 4) is 11.4 Å². The molecule has 0 N–H and O–H groups in total. The van der Waals surface area contributed by atoms with Crippen LogP contribution < -0.4 is 4.74 Å². The van der Waals surface area contributed by atoms with Crippen LogP contribution in [0.5, 0.6) is 5.75 Å². The molecule has 0 unspecified atom stereocenters. The highest BCUT2D eigenvalue weighted by Crippen LogP contribution is 2.65. The molecule has 2 aromatic carbocycles. The highest BCUT2D eigenvalue weighted by atomic mass is 16.5. The largest absolute Gasteiger partial charge is 0.423 e. The molecule has 2 bridgehead atoms. The first-order valence-electron chi connectivity index (χ1n) is 11.7. The lowest BCUT2D eigenvalue weighted by Gasteiger charge is -2.37. The average Bonchev–Trinajstić information content (AvgIpc) is 3.50. The number of hydrogen-bond acceptors (Lipinski definition) is 6. The van der Waals surface area contributed by atoms with E-state index in [-0.39, 0.29) is 47.8 Å². The van der Waals surface area contributed by atoms with Crippen LogP contribution in [0, 0.1) is 42.4 Å². The first-order chi connectivity index (χ1) is 16.5. The fourth-order valence-corrected chi connectivity index (χ4v) is 6.30. The van der Waals surface area contributed by atoms with Crippen molar-refractivity contribution in [2.75, 3.05) is 6.54 Å². The standard InChI is InChI=1S/C26H22N4O4/c1-13-6-9-21(20(10-13)30-27-18-4-2-3-5-19(18)28-30)34-22(31)12-29-25(32)23-14-7-8-15(17-11-16(14)17)24(23)26(29)33/h2-10,14-17,23-24H,11-12H2,1H3/t14-,15-,16-,17+,23-,24+/m0/s1. The molecule has 170 valence electrons. The Morgan fingerprint density at radius 1 is 0.971 bits per heavy atom. The smallest absolute Gasteiger partial charge is 0.331 e. The van der Waals surface area contributed by atoms with Gasteiger partial charge in [-0.1, -0.05) is 30.4 Å². The average molecular weight is 454 g/mol. The van der Waals surface area contributed by atoms with Crippen LogP contribution in [0.4, 0.5) is 0 Å². The van der Waals surface area contributed by atoms with Gasteiger partial charge in [-0.15, -0.1) is 15.0 Å². The lowest BCUT2D eigenvalue weighted by molar-refractivity contribution is -0.148. The molecule has 3 fully saturated rings. The van der Waals surface area contributed by atoms with Crippen LogP contribution in [0.15, 0.2) is 54.6 Å². The molecule has 0 spiro atoms. The number of aryl methyl sites for hydroxylation is 1. The second-order valence-electron chi connectivity index (χ2n) is 9.84. The Balaban J connectivity index is 1.14. The molecule has 8 rings (SSSR count). The summed E-state index contributed by atoms with van der Waals surface area (Å²) >= 11 is 0. The van der Waals surface area contributed by atoms with Crippen LogP contribution in [-0.4, -0.2) is 44.2 Å². The molecule has 6 atom stereocenters. The minimum absolute atomic E-state index is 0.126. The molecule has 34 heavy (non-hydrogen) atoms. The quantitative estimate of drug-likeness (QED) is 0.260. The molecule has 4 aliphatic carbocycles. The summed E-state index contributed by atoms with van der Waals surface area (Å²) in [5.74, 6) is -0.212. The number of ether oxygens (including phenoxy) is 1. The number of rotatable bonds is 4. The highest BCUT2D eigenvalue weighted by Gasteiger charge is 2.67. The normalized spacial score (nSPS) is 30.6. The molecule has 0 radical (unpaired) electrons. The maximum atomic E-state index is 13.2. The summed E-state index contributed by atoms with van der Waals surface area (Å²) in [6, 6.07) is 12.8. The number of nitrogens with zero attached hydrogens (tertiary/aromatic N) is 4. The van der Waals surface area contributed by atoms with Gasteiger partial charge in [0.1, 0.15) is 23.3 Å². The van der Waals surface area contributed by atoms with Gasteiger partial charge >= 0.3 is 5.97 Å². The van der Waals surface area contributed by atoms with E-state index < -0.39 is 5.97 Å². The summed E-state index contributed by atoms with van der Waals surface area (Å²) in [6.07, 6.45) is 5.34. The van der Waals surface area contributed by atoms with E-state index >= 15 is 0 Å². The Hall–Kier alpha value is -3.81. The van der Waals surface area contributed by atoms with E-state index in [1.54, 1.807) is 6.07 Å². The van der Waals surface area contributed by atoms with E-state index in [0.717, 1.165) is 27.9 Å². The summed E-state index contributed by atoms with van der Waals surface area (Å²) in [4.78, 5) is 41.8. The summed E-state index contributed by atoms with van der Waals surface area (Å²) in [5, 5.41) is 8.98. The molecule has 2 amide bonds. The van der Waals surface area contributed by atoms with Gasteiger partial charge in [0.05, 0.1) is 11.8 Å². The van der Waals surface area contributed by atoms with Crippen molar-refractivity contribution >= 4 is 28.8 Å². The van der Waals surface area contributed by atoms with Crippen molar-refractivity contribution in [3.63, 3.8) is 0 Å². The van der Waals surface area contributed by atoms with E-state index in [9.17, 15) is 14.4 Å². The van der Waals surface area contributed by atoms with E-state index in [0.29, 0.717) is 17.5 Å². The number of benzene rings is 2. The first kappa shape index (κ1) is 19.6. The minimum Gasteiger partial charge on any atom is -0.423 e. The van der Waals surface area contributed by atoms with Crippen LogP contribution in [0.3, 0.4) is 0 Å². The molecular weight excluding hydrogens is 432 g/mol. The van der Waals surface area contributed by atoms with Crippen molar-refractivity contribution in [1.29, 1.82) is 0 Å². The van der Waals surface area contributed by atoms with Gasteiger partial charge in [0.25, 0.3) is 0 Å². The minimum atomic E-state index is -0.660. The van der Waals surface area contributed by atoms with Gasteiger partial charge < -0.3 is 4.74 Å². The van der Waals surface area contributed by atoms with Crippen molar-refractivity contribution in [3.05, 3.63) is 60.2 Å². The van der Waals surface area contributed by atoms with Gasteiger partial charge in [-0.3, -0.25) is 14.5 Å². The number of fused-ring (bicyclic) bond motifs is 1. The molecular formula is C26H22N4O4. The Morgan fingerprint density at radius 2 is 1.59 bits per heavy atom. The fraction of sp³-hybridized carbons (Fsp3) is 0.346. The molecule has 1 aromatic heterocycles. The summed E-state index contributed by atoms with van der Waals surface area (Å²) in [7, 11) is 0. The predicted molar refractivity (Wildman–Crippen MR) is 121 cm³/mol. The van der Waals surface area contributed by atoms with Gasteiger partial charge in [0.2, 0.25) is 11.8 Å². The summed E-state index contributed by atoms with van der Waals surface area (Å²) < 4.78 is 5.66. The van der Waals surface area contributed by atoms with Gasteiger partial charge in [0.15, 0.2) is 5.75 Å². The zero-order valence-electron chi connectivity index (χ0n) is 18.5.